The van der Waals surface area contributed by atoms with Crippen LogP contribution in [-0.2, 0) is 29.1 Å². The van der Waals surface area contributed by atoms with Crippen LogP contribution in [0, 0.1) is 12.7 Å². The highest BCUT2D eigenvalue weighted by atomic mass is 35.5. The Hall–Kier alpha value is -4.16. The van der Waals surface area contributed by atoms with Crippen LogP contribution in [0.25, 0.3) is 0 Å². The third-order valence-electron chi connectivity index (χ3n) is 6.31. The first kappa shape index (κ1) is 27.9. The van der Waals surface area contributed by atoms with Crippen molar-refractivity contribution >= 4 is 23.4 Å². The number of hydrogen-bond acceptors (Lipinski definition) is 3. The molecule has 0 aliphatic rings. The summed E-state index contributed by atoms with van der Waals surface area (Å²) in [5.41, 5.74) is 3.66. The lowest BCUT2D eigenvalue weighted by molar-refractivity contribution is -0.142. The topological polar surface area (TPSA) is 58.6 Å². The van der Waals surface area contributed by atoms with Crippen LogP contribution in [0.1, 0.15) is 22.3 Å². The normalized spacial score (nSPS) is 11.5. The minimum absolute atomic E-state index is 0.0977. The molecule has 0 radical (unpaired) electrons. The van der Waals surface area contributed by atoms with Crippen molar-refractivity contribution < 1.29 is 18.7 Å². The van der Waals surface area contributed by atoms with Gasteiger partial charge in [0.2, 0.25) is 5.91 Å². The summed E-state index contributed by atoms with van der Waals surface area (Å²) in [6.45, 7) is 2.10. The maximum atomic E-state index is 13.7. The monoisotopic (exact) mass is 544 g/mol. The molecule has 1 N–H and O–H groups in total. The highest BCUT2D eigenvalue weighted by Gasteiger charge is 2.30. The van der Waals surface area contributed by atoms with Crippen molar-refractivity contribution in [2.75, 3.05) is 6.61 Å². The summed E-state index contributed by atoms with van der Waals surface area (Å²) in [6.07, 6.45) is 0.291. The van der Waals surface area contributed by atoms with Crippen LogP contribution in [0.2, 0.25) is 5.02 Å². The highest BCUT2D eigenvalue weighted by Crippen LogP contribution is 2.23. The lowest BCUT2D eigenvalue weighted by Crippen LogP contribution is -2.51. The molecule has 0 spiro atoms. The predicted octanol–water partition coefficient (Wildman–Crippen LogP) is 6.12. The molecule has 0 aromatic heterocycles. The van der Waals surface area contributed by atoms with E-state index in [1.54, 1.807) is 36.4 Å². The largest absolute Gasteiger partial charge is 0.482 e. The number of aryl methyl sites for hydroxylation is 1. The van der Waals surface area contributed by atoms with E-state index in [1.165, 1.54) is 17.0 Å². The Bertz CT molecular complexity index is 1380. The Morgan fingerprint density at radius 1 is 0.846 bits per heavy atom. The van der Waals surface area contributed by atoms with Gasteiger partial charge in [-0.1, -0.05) is 96.0 Å². The predicted molar refractivity (Wildman–Crippen MR) is 151 cm³/mol. The first-order valence-electron chi connectivity index (χ1n) is 12.7. The van der Waals surface area contributed by atoms with E-state index in [1.807, 2.05) is 61.5 Å². The van der Waals surface area contributed by atoms with E-state index in [9.17, 15) is 14.0 Å². The molecule has 39 heavy (non-hydrogen) atoms. The molecule has 0 bridgehead atoms. The van der Waals surface area contributed by atoms with Crippen LogP contribution in [0.4, 0.5) is 4.39 Å². The lowest BCUT2D eigenvalue weighted by Gasteiger charge is -2.31. The third kappa shape index (κ3) is 8.16. The van der Waals surface area contributed by atoms with Gasteiger partial charge in [0.1, 0.15) is 17.6 Å². The second kappa shape index (κ2) is 13.6. The van der Waals surface area contributed by atoms with Crippen molar-refractivity contribution in [1.82, 2.24) is 10.2 Å². The summed E-state index contributed by atoms with van der Waals surface area (Å²) in [5.74, 6) is -0.702. The number of halogens is 2. The van der Waals surface area contributed by atoms with Crippen LogP contribution in [0.5, 0.6) is 5.75 Å². The van der Waals surface area contributed by atoms with Gasteiger partial charge in [0, 0.05) is 19.5 Å². The van der Waals surface area contributed by atoms with Gasteiger partial charge in [-0.2, -0.15) is 0 Å². The number of ether oxygens (including phenoxy) is 1. The van der Waals surface area contributed by atoms with Crippen molar-refractivity contribution in [2.24, 2.45) is 0 Å². The van der Waals surface area contributed by atoms with E-state index < -0.39 is 11.9 Å². The second-order valence-electron chi connectivity index (χ2n) is 9.28. The molecule has 0 heterocycles. The molecule has 0 aliphatic heterocycles. The Balaban J connectivity index is 1.61. The van der Waals surface area contributed by atoms with Gasteiger partial charge in [-0.15, -0.1) is 0 Å². The fourth-order valence-electron chi connectivity index (χ4n) is 4.14. The summed E-state index contributed by atoms with van der Waals surface area (Å²) >= 11 is 6.21. The van der Waals surface area contributed by atoms with E-state index >= 15 is 0 Å². The molecule has 200 valence electrons. The fourth-order valence-corrected chi connectivity index (χ4v) is 4.33. The number of nitrogens with zero attached hydrogens (tertiary/aromatic N) is 1. The van der Waals surface area contributed by atoms with E-state index in [4.69, 9.17) is 16.3 Å². The third-order valence-corrected chi connectivity index (χ3v) is 6.62. The van der Waals surface area contributed by atoms with Gasteiger partial charge >= 0.3 is 0 Å². The van der Waals surface area contributed by atoms with Crippen LogP contribution in [0.15, 0.2) is 103 Å². The van der Waals surface area contributed by atoms with Crippen molar-refractivity contribution in [3.05, 3.63) is 136 Å². The average Bonchev–Trinajstić information content (AvgIpc) is 2.95. The molecule has 4 aromatic carbocycles. The first-order valence-corrected chi connectivity index (χ1v) is 13.1. The molecule has 0 unspecified atom stereocenters. The van der Waals surface area contributed by atoms with Gasteiger partial charge in [-0.3, -0.25) is 9.59 Å². The molecule has 0 saturated carbocycles. The molecule has 7 heteroatoms. The number of nitrogens with one attached hydrogen (secondary N) is 1. The van der Waals surface area contributed by atoms with E-state index in [0.717, 1.165) is 16.7 Å². The quantitative estimate of drug-likeness (QED) is 0.247. The standard InChI is InChI=1S/C32H30ClFN2O3/c1-23-11-13-25(14-12-23)20-35-32(38)29(19-24-7-3-2-4-8-24)36(21-26-15-17-27(34)18-16-26)31(37)22-39-30-10-6-5-9-28(30)33/h2-18,29H,19-22H2,1H3,(H,35,38)/t29-/m1/s1. The van der Waals surface area contributed by atoms with Crippen LogP contribution in [0.3, 0.4) is 0 Å². The SMILES string of the molecule is Cc1ccc(CNC(=O)[C@@H](Cc2ccccc2)N(Cc2ccc(F)cc2)C(=O)COc2ccccc2Cl)cc1. The Morgan fingerprint density at radius 3 is 2.18 bits per heavy atom. The zero-order valence-corrected chi connectivity index (χ0v) is 22.4. The molecule has 0 saturated heterocycles. The molecule has 4 rings (SSSR count). The van der Waals surface area contributed by atoms with E-state index in [2.05, 4.69) is 5.32 Å². The zero-order valence-electron chi connectivity index (χ0n) is 21.6. The molecule has 2 amide bonds. The summed E-state index contributed by atoms with van der Waals surface area (Å²) < 4.78 is 19.4. The van der Waals surface area contributed by atoms with Crippen molar-refractivity contribution in [2.45, 2.75) is 32.5 Å². The molecule has 5 nitrogen and oxygen atoms in total. The highest BCUT2D eigenvalue weighted by molar-refractivity contribution is 6.32. The summed E-state index contributed by atoms with van der Waals surface area (Å²) in [5, 5.41) is 3.38. The maximum Gasteiger partial charge on any atom is 0.261 e. The van der Waals surface area contributed by atoms with E-state index in [-0.39, 0.29) is 24.9 Å². The van der Waals surface area contributed by atoms with Crippen LogP contribution in [-0.4, -0.2) is 29.4 Å². The van der Waals surface area contributed by atoms with Gasteiger partial charge < -0.3 is 15.0 Å². The number of carbonyl (C=O) groups excluding carboxylic acids is 2. The summed E-state index contributed by atoms with van der Waals surface area (Å²) in [4.78, 5) is 28.8. The average molecular weight is 545 g/mol. The van der Waals surface area contributed by atoms with Crippen LogP contribution < -0.4 is 10.1 Å². The number of amides is 2. The lowest BCUT2D eigenvalue weighted by atomic mass is 10.0. The Morgan fingerprint density at radius 2 is 1.49 bits per heavy atom. The van der Waals surface area contributed by atoms with Gasteiger partial charge in [0.05, 0.1) is 5.02 Å². The van der Waals surface area contributed by atoms with Crippen LogP contribution >= 0.6 is 11.6 Å². The zero-order chi connectivity index (χ0) is 27.6. The molecule has 0 fully saturated rings. The number of carbonyl (C=O) groups is 2. The molecule has 0 aliphatic carbocycles. The minimum Gasteiger partial charge on any atom is -0.482 e. The number of benzene rings is 4. The first-order chi connectivity index (χ1) is 18.9. The minimum atomic E-state index is -0.842. The van der Waals surface area contributed by atoms with Crippen molar-refractivity contribution in [1.29, 1.82) is 0 Å². The second-order valence-corrected chi connectivity index (χ2v) is 9.68. The van der Waals surface area contributed by atoms with Gasteiger partial charge in [0.15, 0.2) is 6.61 Å². The molecular weight excluding hydrogens is 515 g/mol. The maximum absolute atomic E-state index is 13.7. The smallest absolute Gasteiger partial charge is 0.261 e. The van der Waals surface area contributed by atoms with Gasteiger partial charge in [-0.05, 0) is 47.9 Å². The summed E-state index contributed by atoms with van der Waals surface area (Å²) in [7, 11) is 0. The van der Waals surface area contributed by atoms with E-state index in [0.29, 0.717) is 29.3 Å². The molecule has 1 atom stereocenters. The van der Waals surface area contributed by atoms with Crippen molar-refractivity contribution in [3.8, 4) is 5.75 Å². The molecular formula is C32H30ClFN2O3. The summed E-state index contributed by atoms with van der Waals surface area (Å²) in [6, 6.07) is 29.3. The van der Waals surface area contributed by atoms with Gasteiger partial charge in [-0.25, -0.2) is 4.39 Å². The fraction of sp³-hybridized carbons (Fsp3) is 0.188. The van der Waals surface area contributed by atoms with Gasteiger partial charge in [0.25, 0.3) is 5.91 Å². The number of hydrogen-bond donors (Lipinski definition) is 1. The molecule has 4 aromatic rings. The number of para-hydroxylation sites is 1. The Kier molecular flexibility index (Phi) is 9.70. The Labute approximate surface area is 233 Å². The number of rotatable bonds is 11. The van der Waals surface area contributed by atoms with Crippen molar-refractivity contribution in [3.63, 3.8) is 0 Å².